The summed E-state index contributed by atoms with van der Waals surface area (Å²) in [6.45, 7) is 2.83. The van der Waals surface area contributed by atoms with Gasteiger partial charge in [-0.05, 0) is 35.0 Å². The van der Waals surface area contributed by atoms with Gasteiger partial charge in [0.2, 0.25) is 5.95 Å². The molecule has 3 rings (SSSR count). The second-order valence-electron chi connectivity index (χ2n) is 4.20. The third kappa shape index (κ3) is 2.81. The van der Waals surface area contributed by atoms with Crippen LogP contribution in [0.1, 0.15) is 6.92 Å². The summed E-state index contributed by atoms with van der Waals surface area (Å²) in [5.74, 6) is 0.648. The SMILES string of the molecule is CCNc1ncc(Br)c(Sc2cc3ccccc3[nH]2)n1. The lowest BCUT2D eigenvalue weighted by Crippen LogP contribution is -2.02. The molecule has 0 saturated heterocycles. The van der Waals surface area contributed by atoms with E-state index in [0.717, 1.165) is 26.6 Å². The highest BCUT2D eigenvalue weighted by Crippen LogP contribution is 2.33. The van der Waals surface area contributed by atoms with Crippen LogP contribution in [0.25, 0.3) is 10.9 Å². The second-order valence-corrected chi connectivity index (χ2v) is 6.08. The van der Waals surface area contributed by atoms with E-state index in [2.05, 4.69) is 54.4 Å². The lowest BCUT2D eigenvalue weighted by Gasteiger charge is -2.05. The molecule has 0 radical (unpaired) electrons. The summed E-state index contributed by atoms with van der Waals surface area (Å²) < 4.78 is 0.891. The summed E-state index contributed by atoms with van der Waals surface area (Å²) in [4.78, 5) is 12.1. The predicted octanol–water partition coefficient (Wildman–Crippen LogP) is 4.30. The Labute approximate surface area is 129 Å². The van der Waals surface area contributed by atoms with Gasteiger partial charge in [0.05, 0.1) is 9.50 Å². The van der Waals surface area contributed by atoms with Crippen LogP contribution in [0.2, 0.25) is 0 Å². The summed E-state index contributed by atoms with van der Waals surface area (Å²) in [6, 6.07) is 10.3. The van der Waals surface area contributed by atoms with Crippen LogP contribution in [0.5, 0.6) is 0 Å². The Bertz CT molecular complexity index is 708. The van der Waals surface area contributed by atoms with E-state index in [-0.39, 0.29) is 0 Å². The summed E-state index contributed by atoms with van der Waals surface area (Å²) in [5, 5.41) is 6.28. The molecule has 0 aliphatic rings. The Morgan fingerprint density at radius 3 is 3.00 bits per heavy atom. The van der Waals surface area contributed by atoms with E-state index < -0.39 is 0 Å². The zero-order valence-electron chi connectivity index (χ0n) is 10.9. The molecule has 0 saturated carbocycles. The van der Waals surface area contributed by atoms with Gasteiger partial charge in [0.1, 0.15) is 5.03 Å². The maximum atomic E-state index is 4.50. The van der Waals surface area contributed by atoms with E-state index in [0.29, 0.717) is 5.95 Å². The minimum atomic E-state index is 0.648. The smallest absolute Gasteiger partial charge is 0.223 e. The fourth-order valence-electron chi connectivity index (χ4n) is 1.87. The molecule has 2 aromatic heterocycles. The van der Waals surface area contributed by atoms with Crippen molar-refractivity contribution >= 4 is 44.5 Å². The number of rotatable bonds is 4. The second kappa shape index (κ2) is 5.85. The molecule has 0 amide bonds. The van der Waals surface area contributed by atoms with Gasteiger partial charge in [-0.25, -0.2) is 9.97 Å². The summed E-state index contributed by atoms with van der Waals surface area (Å²) >= 11 is 5.08. The van der Waals surface area contributed by atoms with Gasteiger partial charge in [-0.1, -0.05) is 30.0 Å². The molecule has 0 aliphatic heterocycles. The standard InChI is InChI=1S/C14H13BrN4S/c1-2-16-14-17-8-10(15)13(19-14)20-12-7-9-5-3-4-6-11(9)18-12/h3-8,18H,2H2,1H3,(H,16,17,19). The van der Waals surface area contributed by atoms with Crippen molar-refractivity contribution in [3.63, 3.8) is 0 Å². The molecule has 0 atom stereocenters. The molecule has 2 N–H and O–H groups in total. The van der Waals surface area contributed by atoms with E-state index in [1.165, 1.54) is 5.39 Å². The maximum absolute atomic E-state index is 4.50. The van der Waals surface area contributed by atoms with E-state index in [4.69, 9.17) is 0 Å². The van der Waals surface area contributed by atoms with Gasteiger partial charge in [-0.2, -0.15) is 0 Å². The Balaban J connectivity index is 1.91. The van der Waals surface area contributed by atoms with Crippen LogP contribution in [0.4, 0.5) is 5.95 Å². The molecule has 102 valence electrons. The zero-order valence-corrected chi connectivity index (χ0v) is 13.3. The first-order valence-electron chi connectivity index (χ1n) is 6.28. The number of benzene rings is 1. The van der Waals surface area contributed by atoms with Crippen molar-refractivity contribution in [3.05, 3.63) is 41.0 Å². The van der Waals surface area contributed by atoms with Crippen molar-refractivity contribution in [1.29, 1.82) is 0 Å². The number of fused-ring (bicyclic) bond motifs is 1. The minimum Gasteiger partial charge on any atom is -0.354 e. The first kappa shape index (κ1) is 13.5. The van der Waals surface area contributed by atoms with Crippen LogP contribution in [0.15, 0.2) is 51.1 Å². The molecule has 0 fully saturated rings. The average Bonchev–Trinajstić information content (AvgIpc) is 2.85. The molecule has 0 aliphatic carbocycles. The van der Waals surface area contributed by atoms with Crippen molar-refractivity contribution in [2.75, 3.05) is 11.9 Å². The molecule has 2 heterocycles. The van der Waals surface area contributed by atoms with E-state index in [1.807, 2.05) is 19.1 Å². The quantitative estimate of drug-likeness (QED) is 0.690. The molecular formula is C14H13BrN4S. The molecule has 3 aromatic rings. The fraction of sp³-hybridized carbons (Fsp3) is 0.143. The van der Waals surface area contributed by atoms with Crippen molar-refractivity contribution < 1.29 is 0 Å². The normalized spacial score (nSPS) is 10.9. The lowest BCUT2D eigenvalue weighted by atomic mass is 10.3. The van der Waals surface area contributed by atoms with Crippen LogP contribution in [0, 0.1) is 0 Å². The number of nitrogens with zero attached hydrogens (tertiary/aromatic N) is 2. The molecule has 4 nitrogen and oxygen atoms in total. The van der Waals surface area contributed by atoms with Crippen LogP contribution in [-0.2, 0) is 0 Å². The van der Waals surface area contributed by atoms with Crippen LogP contribution in [0.3, 0.4) is 0 Å². The topological polar surface area (TPSA) is 53.6 Å². The van der Waals surface area contributed by atoms with Gasteiger partial charge < -0.3 is 10.3 Å². The van der Waals surface area contributed by atoms with Crippen molar-refractivity contribution in [3.8, 4) is 0 Å². The number of hydrogen-bond donors (Lipinski definition) is 2. The molecule has 1 aromatic carbocycles. The largest absolute Gasteiger partial charge is 0.354 e. The summed E-state index contributed by atoms with van der Waals surface area (Å²) in [7, 11) is 0. The molecule has 0 unspecified atom stereocenters. The number of para-hydroxylation sites is 1. The third-order valence-electron chi connectivity index (χ3n) is 2.76. The molecule has 0 spiro atoms. The number of aromatic nitrogens is 3. The number of anilines is 1. The monoisotopic (exact) mass is 348 g/mol. The van der Waals surface area contributed by atoms with Crippen LogP contribution < -0.4 is 5.32 Å². The number of hydrogen-bond acceptors (Lipinski definition) is 4. The van der Waals surface area contributed by atoms with Gasteiger partial charge in [0.25, 0.3) is 0 Å². The Morgan fingerprint density at radius 1 is 1.35 bits per heavy atom. The highest BCUT2D eigenvalue weighted by molar-refractivity contribution is 9.10. The minimum absolute atomic E-state index is 0.648. The predicted molar refractivity (Wildman–Crippen MR) is 86.3 cm³/mol. The first-order chi connectivity index (χ1) is 9.76. The third-order valence-corrected chi connectivity index (χ3v) is 4.55. The fourth-order valence-corrected chi connectivity index (χ4v) is 3.14. The summed E-state index contributed by atoms with van der Waals surface area (Å²) in [6.07, 6.45) is 1.77. The van der Waals surface area contributed by atoms with Crippen molar-refractivity contribution in [1.82, 2.24) is 15.0 Å². The maximum Gasteiger partial charge on any atom is 0.223 e. The number of aromatic amines is 1. The number of halogens is 1. The van der Waals surface area contributed by atoms with Crippen LogP contribution in [-0.4, -0.2) is 21.5 Å². The zero-order chi connectivity index (χ0) is 13.9. The van der Waals surface area contributed by atoms with Gasteiger partial charge in [0.15, 0.2) is 0 Å². The highest BCUT2D eigenvalue weighted by atomic mass is 79.9. The van der Waals surface area contributed by atoms with Gasteiger partial charge in [-0.3, -0.25) is 0 Å². The van der Waals surface area contributed by atoms with Gasteiger partial charge in [0, 0.05) is 23.6 Å². The first-order valence-corrected chi connectivity index (χ1v) is 7.89. The van der Waals surface area contributed by atoms with Gasteiger partial charge in [-0.15, -0.1) is 0 Å². The molecule has 20 heavy (non-hydrogen) atoms. The molecule has 0 bridgehead atoms. The molecular weight excluding hydrogens is 336 g/mol. The summed E-state index contributed by atoms with van der Waals surface area (Å²) in [5.41, 5.74) is 1.13. The van der Waals surface area contributed by atoms with E-state index >= 15 is 0 Å². The van der Waals surface area contributed by atoms with Gasteiger partial charge >= 0.3 is 0 Å². The number of H-pyrrole nitrogens is 1. The van der Waals surface area contributed by atoms with Crippen LogP contribution >= 0.6 is 27.7 Å². The Hall–Kier alpha value is -1.53. The Morgan fingerprint density at radius 2 is 2.20 bits per heavy atom. The Kier molecular flexibility index (Phi) is 3.93. The van der Waals surface area contributed by atoms with E-state index in [1.54, 1.807) is 18.0 Å². The van der Waals surface area contributed by atoms with E-state index in [9.17, 15) is 0 Å². The molecule has 6 heteroatoms. The number of nitrogens with one attached hydrogen (secondary N) is 2. The van der Waals surface area contributed by atoms with Crippen molar-refractivity contribution in [2.45, 2.75) is 17.0 Å². The lowest BCUT2D eigenvalue weighted by molar-refractivity contribution is 0.997. The average molecular weight is 349 g/mol. The highest BCUT2D eigenvalue weighted by Gasteiger charge is 2.09. The van der Waals surface area contributed by atoms with Crippen molar-refractivity contribution in [2.24, 2.45) is 0 Å².